The topological polar surface area (TPSA) is 57.7 Å². The second-order valence-corrected chi connectivity index (χ2v) is 10.4. The zero-order chi connectivity index (χ0) is 20.0. The first kappa shape index (κ1) is 21.3. The Bertz CT molecular complexity index is 729. The van der Waals surface area contributed by atoms with Gasteiger partial charge in [-0.25, -0.2) is 12.7 Å². The van der Waals surface area contributed by atoms with Crippen LogP contribution in [0.1, 0.15) is 56.9 Å². The summed E-state index contributed by atoms with van der Waals surface area (Å²) in [5.74, 6) is 0.0991. The fourth-order valence-corrected chi connectivity index (χ4v) is 6.15. The third-order valence-corrected chi connectivity index (χ3v) is 8.23. The third-order valence-electron chi connectivity index (χ3n) is 6.31. The quantitative estimate of drug-likeness (QED) is 0.697. The molecule has 1 amide bonds. The number of piperidine rings is 1. The molecule has 1 aromatic carbocycles. The smallest absolute Gasteiger partial charge is 0.227 e. The van der Waals surface area contributed by atoms with Gasteiger partial charge in [0.1, 0.15) is 0 Å². The third kappa shape index (κ3) is 5.57. The predicted molar refractivity (Wildman–Crippen MR) is 112 cm³/mol. The molecule has 5 nitrogen and oxygen atoms in total. The normalized spacial score (nSPS) is 22.1. The van der Waals surface area contributed by atoms with E-state index in [1.807, 2.05) is 42.3 Å². The fourth-order valence-electron chi connectivity index (χ4n) is 4.57. The van der Waals surface area contributed by atoms with Crippen molar-refractivity contribution in [3.63, 3.8) is 0 Å². The van der Waals surface area contributed by atoms with Crippen LogP contribution in [0.2, 0.25) is 0 Å². The highest BCUT2D eigenvalue weighted by molar-refractivity contribution is 7.89. The van der Waals surface area contributed by atoms with E-state index in [9.17, 15) is 13.2 Å². The molecule has 156 valence electrons. The first-order valence-electron chi connectivity index (χ1n) is 10.8. The van der Waals surface area contributed by atoms with Crippen molar-refractivity contribution in [1.29, 1.82) is 0 Å². The van der Waals surface area contributed by atoms with Crippen molar-refractivity contribution in [3.8, 4) is 0 Å². The number of rotatable bonds is 7. The average molecular weight is 407 g/mol. The van der Waals surface area contributed by atoms with Gasteiger partial charge in [-0.05, 0) is 44.1 Å². The minimum absolute atomic E-state index is 0.135. The molecule has 2 aliphatic rings. The molecule has 3 rings (SSSR count). The first-order valence-corrected chi connectivity index (χ1v) is 12.4. The minimum atomic E-state index is -3.31. The molecular weight excluding hydrogens is 372 g/mol. The van der Waals surface area contributed by atoms with Gasteiger partial charge < -0.3 is 4.90 Å². The summed E-state index contributed by atoms with van der Waals surface area (Å²) in [4.78, 5) is 14.9. The number of sulfonamides is 1. The van der Waals surface area contributed by atoms with Gasteiger partial charge >= 0.3 is 0 Å². The van der Waals surface area contributed by atoms with Gasteiger partial charge in [0.2, 0.25) is 15.9 Å². The molecule has 0 aromatic heterocycles. The summed E-state index contributed by atoms with van der Waals surface area (Å²) >= 11 is 0. The number of nitrogens with zero attached hydrogens (tertiary/aromatic N) is 2. The van der Waals surface area contributed by atoms with E-state index in [1.54, 1.807) is 4.31 Å². The zero-order valence-electron chi connectivity index (χ0n) is 17.1. The van der Waals surface area contributed by atoms with Crippen LogP contribution in [0.15, 0.2) is 30.3 Å². The van der Waals surface area contributed by atoms with E-state index in [1.165, 1.54) is 24.8 Å². The van der Waals surface area contributed by atoms with E-state index in [2.05, 4.69) is 0 Å². The van der Waals surface area contributed by atoms with Crippen molar-refractivity contribution < 1.29 is 13.2 Å². The molecule has 28 heavy (non-hydrogen) atoms. The van der Waals surface area contributed by atoms with Gasteiger partial charge in [-0.1, -0.05) is 49.6 Å². The van der Waals surface area contributed by atoms with Gasteiger partial charge in [0, 0.05) is 26.2 Å². The Labute approximate surface area is 170 Å². The standard InChI is InChI=1S/C22H34N2O3S/c1-23(21-14-6-3-7-15-21)22(25)20-13-8-16-24(18-20)28(26,27)17-9-12-19-10-4-2-5-11-19/h2,4-5,10-11,20-21H,3,6-9,12-18H2,1H3/t20-/m0/s1. The largest absolute Gasteiger partial charge is 0.342 e. The summed E-state index contributed by atoms with van der Waals surface area (Å²) < 4.78 is 27.2. The Hall–Kier alpha value is -1.40. The molecule has 0 unspecified atom stereocenters. The van der Waals surface area contributed by atoms with Crippen molar-refractivity contribution in [3.05, 3.63) is 35.9 Å². The van der Waals surface area contributed by atoms with Crippen LogP contribution in [-0.2, 0) is 21.2 Å². The Kier molecular flexibility index (Phi) is 7.52. The summed E-state index contributed by atoms with van der Waals surface area (Å²) in [7, 11) is -1.40. The molecule has 1 heterocycles. The van der Waals surface area contributed by atoms with Gasteiger partial charge in [-0.3, -0.25) is 4.79 Å². The summed E-state index contributed by atoms with van der Waals surface area (Å²) in [6, 6.07) is 10.3. The molecule has 1 saturated carbocycles. The number of carbonyl (C=O) groups is 1. The van der Waals surface area contributed by atoms with E-state index < -0.39 is 10.0 Å². The number of amides is 1. The van der Waals surface area contributed by atoms with Crippen molar-refractivity contribution in [2.75, 3.05) is 25.9 Å². The molecule has 1 aromatic rings. The number of aryl methyl sites for hydroxylation is 1. The van der Waals surface area contributed by atoms with Gasteiger partial charge in [0.05, 0.1) is 11.7 Å². The van der Waals surface area contributed by atoms with Crippen molar-refractivity contribution in [2.45, 2.75) is 63.8 Å². The first-order chi connectivity index (χ1) is 13.5. The molecule has 0 N–H and O–H groups in total. The van der Waals surface area contributed by atoms with E-state index in [4.69, 9.17) is 0 Å². The monoisotopic (exact) mass is 406 g/mol. The minimum Gasteiger partial charge on any atom is -0.342 e. The van der Waals surface area contributed by atoms with Gasteiger partial charge in [0.25, 0.3) is 0 Å². The van der Waals surface area contributed by atoms with Crippen molar-refractivity contribution >= 4 is 15.9 Å². The van der Waals surface area contributed by atoms with Crippen LogP contribution in [0.3, 0.4) is 0 Å². The molecule has 0 spiro atoms. The van der Waals surface area contributed by atoms with E-state index in [-0.39, 0.29) is 17.6 Å². The Balaban J connectivity index is 1.53. The fraction of sp³-hybridized carbons (Fsp3) is 0.682. The van der Waals surface area contributed by atoms with E-state index in [0.717, 1.165) is 32.1 Å². The lowest BCUT2D eigenvalue weighted by atomic mass is 9.92. The molecule has 1 aliphatic carbocycles. The molecule has 6 heteroatoms. The number of benzene rings is 1. The summed E-state index contributed by atoms with van der Waals surface area (Å²) in [6.45, 7) is 0.897. The molecular formula is C22H34N2O3S. The second kappa shape index (κ2) is 9.88. The summed E-state index contributed by atoms with van der Waals surface area (Å²) in [6.07, 6.45) is 8.75. The maximum Gasteiger partial charge on any atom is 0.227 e. The lowest BCUT2D eigenvalue weighted by Gasteiger charge is -2.37. The highest BCUT2D eigenvalue weighted by Crippen LogP contribution is 2.26. The molecule has 1 saturated heterocycles. The molecule has 1 atom stereocenters. The number of hydrogen-bond acceptors (Lipinski definition) is 3. The van der Waals surface area contributed by atoms with Crippen molar-refractivity contribution in [1.82, 2.24) is 9.21 Å². The average Bonchev–Trinajstić information content (AvgIpc) is 2.74. The molecule has 1 aliphatic heterocycles. The predicted octanol–water partition coefficient (Wildman–Crippen LogP) is 3.45. The molecule has 2 fully saturated rings. The highest BCUT2D eigenvalue weighted by Gasteiger charge is 2.35. The van der Waals surface area contributed by atoms with Crippen LogP contribution in [-0.4, -0.2) is 55.5 Å². The number of carbonyl (C=O) groups excluding carboxylic acids is 1. The van der Waals surface area contributed by atoms with Crippen LogP contribution >= 0.6 is 0 Å². The Morgan fingerprint density at radius 1 is 1.07 bits per heavy atom. The van der Waals surface area contributed by atoms with E-state index in [0.29, 0.717) is 25.6 Å². The number of hydrogen-bond donors (Lipinski definition) is 0. The lowest BCUT2D eigenvalue weighted by Crippen LogP contribution is -2.49. The van der Waals surface area contributed by atoms with Crippen LogP contribution in [0.5, 0.6) is 0 Å². The Morgan fingerprint density at radius 3 is 2.50 bits per heavy atom. The SMILES string of the molecule is CN(C(=O)[C@H]1CCCN(S(=O)(=O)CCCc2ccccc2)C1)C1CCCCC1. The summed E-state index contributed by atoms with van der Waals surface area (Å²) in [5.41, 5.74) is 1.17. The Morgan fingerprint density at radius 2 is 1.79 bits per heavy atom. The summed E-state index contributed by atoms with van der Waals surface area (Å²) in [5, 5.41) is 0. The maximum atomic E-state index is 13.0. The van der Waals surface area contributed by atoms with Gasteiger partial charge in [-0.2, -0.15) is 0 Å². The van der Waals surface area contributed by atoms with Crippen LogP contribution in [0, 0.1) is 5.92 Å². The second-order valence-electron chi connectivity index (χ2n) is 8.34. The van der Waals surface area contributed by atoms with Crippen LogP contribution < -0.4 is 0 Å². The maximum absolute atomic E-state index is 13.0. The van der Waals surface area contributed by atoms with Crippen LogP contribution in [0.25, 0.3) is 0 Å². The zero-order valence-corrected chi connectivity index (χ0v) is 17.9. The van der Waals surface area contributed by atoms with Gasteiger partial charge in [0.15, 0.2) is 0 Å². The van der Waals surface area contributed by atoms with E-state index >= 15 is 0 Å². The van der Waals surface area contributed by atoms with Crippen molar-refractivity contribution in [2.24, 2.45) is 5.92 Å². The van der Waals surface area contributed by atoms with Gasteiger partial charge in [-0.15, -0.1) is 0 Å². The molecule has 0 radical (unpaired) electrons. The molecule has 0 bridgehead atoms. The lowest BCUT2D eigenvalue weighted by molar-refractivity contribution is -0.138. The highest BCUT2D eigenvalue weighted by atomic mass is 32.2. The van der Waals surface area contributed by atoms with Crippen LogP contribution in [0.4, 0.5) is 0 Å².